The highest BCUT2D eigenvalue weighted by Crippen LogP contribution is 2.31. The number of aryl methyl sites for hydroxylation is 1. The van der Waals surface area contributed by atoms with E-state index in [1.165, 1.54) is 19.1 Å². The van der Waals surface area contributed by atoms with Crippen LogP contribution in [0, 0.1) is 6.92 Å². The van der Waals surface area contributed by atoms with E-state index in [1.807, 2.05) is 0 Å². The number of halogens is 3. The van der Waals surface area contributed by atoms with Crippen LogP contribution >= 0.6 is 11.3 Å². The SMILES string of the molecule is CC(=O)Nc1c(C)noc1/C=C/c1ccc(S(=O)(=O)Nc2ccc(C(F)(F)F)cc2)s1. The second kappa shape index (κ2) is 8.55. The molecule has 3 aromatic rings. The summed E-state index contributed by atoms with van der Waals surface area (Å²) < 4.78 is 70.3. The van der Waals surface area contributed by atoms with E-state index in [0.29, 0.717) is 22.0 Å². The molecule has 0 atom stereocenters. The number of carbonyl (C=O) groups excluding carboxylic acids is 1. The Hall–Kier alpha value is -3.12. The molecule has 7 nitrogen and oxygen atoms in total. The number of amides is 1. The van der Waals surface area contributed by atoms with E-state index >= 15 is 0 Å². The van der Waals surface area contributed by atoms with Gasteiger partial charge in [0.2, 0.25) is 5.91 Å². The van der Waals surface area contributed by atoms with Crippen LogP contribution in [0.5, 0.6) is 0 Å². The lowest BCUT2D eigenvalue weighted by molar-refractivity contribution is -0.137. The van der Waals surface area contributed by atoms with Crippen LogP contribution in [-0.2, 0) is 21.0 Å². The third kappa shape index (κ3) is 5.52. The van der Waals surface area contributed by atoms with Gasteiger partial charge in [-0.1, -0.05) is 5.16 Å². The predicted octanol–water partition coefficient (Wildman–Crippen LogP) is 4.99. The first-order valence-corrected chi connectivity index (χ1v) is 11.0. The van der Waals surface area contributed by atoms with E-state index in [2.05, 4.69) is 15.2 Å². The highest BCUT2D eigenvalue weighted by Gasteiger charge is 2.30. The van der Waals surface area contributed by atoms with E-state index < -0.39 is 21.8 Å². The minimum Gasteiger partial charge on any atom is -0.354 e. The molecule has 2 aromatic heterocycles. The summed E-state index contributed by atoms with van der Waals surface area (Å²) in [5.74, 6) is 0.00757. The first-order chi connectivity index (χ1) is 14.5. The maximum atomic E-state index is 12.6. The average molecular weight is 471 g/mol. The standard InChI is InChI=1S/C19H16F3N3O4S2/c1-11-18(23-12(2)26)16(29-24-11)9-7-15-8-10-17(30-15)31(27,28)25-14-5-3-13(4-6-14)19(20,21)22/h3-10,25H,1-2H3,(H,23,26)/b9-7+. The van der Waals surface area contributed by atoms with Crippen molar-refractivity contribution < 1.29 is 30.9 Å². The van der Waals surface area contributed by atoms with Gasteiger partial charge in [-0.2, -0.15) is 13.2 Å². The van der Waals surface area contributed by atoms with Gasteiger partial charge in [-0.25, -0.2) is 8.42 Å². The van der Waals surface area contributed by atoms with Gasteiger partial charge in [0.05, 0.1) is 5.56 Å². The molecule has 0 bridgehead atoms. The number of carbonyl (C=O) groups is 1. The normalized spacial score (nSPS) is 12.3. The molecule has 1 aromatic carbocycles. The predicted molar refractivity (Wildman–Crippen MR) is 111 cm³/mol. The van der Waals surface area contributed by atoms with Crippen molar-refractivity contribution in [3.63, 3.8) is 0 Å². The van der Waals surface area contributed by atoms with Gasteiger partial charge in [0, 0.05) is 17.5 Å². The maximum Gasteiger partial charge on any atom is 0.416 e. The molecule has 2 heterocycles. The van der Waals surface area contributed by atoms with Gasteiger partial charge in [0.25, 0.3) is 10.0 Å². The van der Waals surface area contributed by atoms with E-state index in [4.69, 9.17) is 4.52 Å². The fourth-order valence-electron chi connectivity index (χ4n) is 2.49. The number of benzene rings is 1. The zero-order valence-electron chi connectivity index (χ0n) is 16.1. The Morgan fingerprint density at radius 3 is 2.42 bits per heavy atom. The number of alkyl halides is 3. The lowest BCUT2D eigenvalue weighted by atomic mass is 10.2. The van der Waals surface area contributed by atoms with Gasteiger partial charge in [-0.05, 0) is 55.5 Å². The van der Waals surface area contributed by atoms with E-state index in [1.54, 1.807) is 19.1 Å². The number of rotatable bonds is 6. The van der Waals surface area contributed by atoms with Gasteiger partial charge in [0.1, 0.15) is 15.6 Å². The molecule has 31 heavy (non-hydrogen) atoms. The molecule has 0 aliphatic heterocycles. The third-order valence-corrected chi connectivity index (χ3v) is 6.84. The lowest BCUT2D eigenvalue weighted by Gasteiger charge is -2.09. The molecule has 0 saturated carbocycles. The van der Waals surface area contributed by atoms with Gasteiger partial charge >= 0.3 is 6.18 Å². The first-order valence-electron chi connectivity index (χ1n) is 8.67. The van der Waals surface area contributed by atoms with Crippen LogP contribution in [0.4, 0.5) is 24.5 Å². The molecule has 164 valence electrons. The van der Waals surface area contributed by atoms with Crippen LogP contribution in [0.15, 0.2) is 45.1 Å². The molecule has 0 fully saturated rings. The molecule has 12 heteroatoms. The van der Waals surface area contributed by atoms with Gasteiger partial charge < -0.3 is 9.84 Å². The molecular formula is C19H16F3N3O4S2. The van der Waals surface area contributed by atoms with E-state index in [9.17, 15) is 26.4 Å². The smallest absolute Gasteiger partial charge is 0.354 e. The molecule has 0 radical (unpaired) electrons. The fourth-order valence-corrected chi connectivity index (χ4v) is 4.78. The van der Waals surface area contributed by atoms with Crippen molar-refractivity contribution in [1.82, 2.24) is 5.16 Å². The highest BCUT2D eigenvalue weighted by atomic mass is 32.2. The molecule has 2 N–H and O–H groups in total. The number of thiophene rings is 1. The Morgan fingerprint density at radius 2 is 1.81 bits per heavy atom. The molecule has 0 unspecified atom stereocenters. The molecule has 3 rings (SSSR count). The summed E-state index contributed by atoms with van der Waals surface area (Å²) in [6.07, 6.45) is -1.38. The second-order valence-corrected chi connectivity index (χ2v) is 9.38. The van der Waals surface area contributed by atoms with E-state index in [-0.39, 0.29) is 15.8 Å². The van der Waals surface area contributed by atoms with Crippen molar-refractivity contribution in [2.75, 3.05) is 10.0 Å². The number of nitrogens with one attached hydrogen (secondary N) is 2. The van der Waals surface area contributed by atoms with Crippen LogP contribution in [0.25, 0.3) is 12.2 Å². The molecular weight excluding hydrogens is 455 g/mol. The maximum absolute atomic E-state index is 12.6. The second-order valence-electron chi connectivity index (χ2n) is 6.36. The van der Waals surface area contributed by atoms with Crippen molar-refractivity contribution in [3.8, 4) is 0 Å². The van der Waals surface area contributed by atoms with Crippen LogP contribution in [0.2, 0.25) is 0 Å². The summed E-state index contributed by atoms with van der Waals surface area (Å²) in [7, 11) is -3.98. The van der Waals surface area contributed by atoms with Crippen LogP contribution in [-0.4, -0.2) is 19.5 Å². The number of aromatic nitrogens is 1. The van der Waals surface area contributed by atoms with Crippen LogP contribution in [0.3, 0.4) is 0 Å². The topological polar surface area (TPSA) is 101 Å². The Kier molecular flexibility index (Phi) is 6.23. The van der Waals surface area contributed by atoms with Crippen molar-refractivity contribution in [3.05, 3.63) is 58.3 Å². The van der Waals surface area contributed by atoms with E-state index in [0.717, 1.165) is 35.6 Å². The zero-order chi connectivity index (χ0) is 22.8. The van der Waals surface area contributed by atoms with Gasteiger partial charge in [0.15, 0.2) is 5.76 Å². The average Bonchev–Trinajstić information content (AvgIpc) is 3.27. The van der Waals surface area contributed by atoms with Crippen molar-refractivity contribution >= 4 is 50.8 Å². The van der Waals surface area contributed by atoms with Gasteiger partial charge in [-0.3, -0.25) is 9.52 Å². The summed E-state index contributed by atoms with van der Waals surface area (Å²) in [6.45, 7) is 3.01. The first kappa shape index (κ1) is 22.6. The molecule has 0 aliphatic carbocycles. The van der Waals surface area contributed by atoms with Gasteiger partial charge in [-0.15, -0.1) is 11.3 Å². The summed E-state index contributed by atoms with van der Waals surface area (Å²) in [4.78, 5) is 11.9. The Bertz CT molecular complexity index is 1230. The number of hydrogen-bond donors (Lipinski definition) is 2. The number of nitrogens with zero attached hydrogens (tertiary/aromatic N) is 1. The molecule has 0 saturated heterocycles. The van der Waals surface area contributed by atoms with Crippen molar-refractivity contribution in [1.29, 1.82) is 0 Å². The Morgan fingerprint density at radius 1 is 1.13 bits per heavy atom. The summed E-state index contributed by atoms with van der Waals surface area (Å²) in [6, 6.07) is 6.62. The molecule has 1 amide bonds. The Balaban J connectivity index is 1.75. The number of sulfonamides is 1. The largest absolute Gasteiger partial charge is 0.416 e. The number of anilines is 2. The zero-order valence-corrected chi connectivity index (χ0v) is 17.8. The molecule has 0 spiro atoms. The minimum atomic E-state index is -4.51. The molecule has 0 aliphatic rings. The minimum absolute atomic E-state index is 0.00979. The number of hydrogen-bond acceptors (Lipinski definition) is 6. The van der Waals surface area contributed by atoms with Crippen LogP contribution in [0.1, 0.15) is 28.8 Å². The fraction of sp³-hybridized carbons (Fsp3) is 0.158. The Labute approximate surface area is 179 Å². The summed E-state index contributed by atoms with van der Waals surface area (Å²) >= 11 is 0.946. The van der Waals surface area contributed by atoms with Crippen molar-refractivity contribution in [2.24, 2.45) is 0 Å². The summed E-state index contributed by atoms with van der Waals surface area (Å²) in [5.41, 5.74) is 0.0398. The third-order valence-electron chi connectivity index (χ3n) is 3.92. The van der Waals surface area contributed by atoms with Crippen molar-refractivity contribution in [2.45, 2.75) is 24.2 Å². The quantitative estimate of drug-likeness (QED) is 0.527. The lowest BCUT2D eigenvalue weighted by Crippen LogP contribution is -2.12. The summed E-state index contributed by atoms with van der Waals surface area (Å²) in [5, 5.41) is 6.39. The van der Waals surface area contributed by atoms with Crippen LogP contribution < -0.4 is 10.0 Å². The highest BCUT2D eigenvalue weighted by molar-refractivity contribution is 7.94. The monoisotopic (exact) mass is 471 g/mol.